The van der Waals surface area contributed by atoms with Crippen LogP contribution in [0.3, 0.4) is 0 Å². The number of amides is 1. The third-order valence-corrected chi connectivity index (χ3v) is 4.61. The van der Waals surface area contributed by atoms with Gasteiger partial charge in [-0.05, 0) is 43.5 Å². The highest BCUT2D eigenvalue weighted by molar-refractivity contribution is 5.91. The summed E-state index contributed by atoms with van der Waals surface area (Å²) in [6.45, 7) is 5.23. The van der Waals surface area contributed by atoms with Crippen molar-refractivity contribution in [3.8, 4) is 11.5 Å². The summed E-state index contributed by atoms with van der Waals surface area (Å²) in [6.07, 6.45) is 0.963. The quantitative estimate of drug-likeness (QED) is 0.608. The number of carbonyl (C=O) groups excluding carboxylic acids is 2. The van der Waals surface area contributed by atoms with Crippen LogP contribution in [0.5, 0.6) is 0 Å². The molecule has 0 spiro atoms. The van der Waals surface area contributed by atoms with E-state index in [2.05, 4.69) is 17.2 Å². The van der Waals surface area contributed by atoms with Crippen LogP contribution in [0.4, 0.5) is 0 Å². The number of nitrogens with one attached hydrogen (secondary N) is 1. The number of aryl methyl sites for hydroxylation is 2. The summed E-state index contributed by atoms with van der Waals surface area (Å²) >= 11 is 0. The molecule has 3 rings (SSSR count). The number of benzene rings is 2. The fourth-order valence-electron chi connectivity index (χ4n) is 2.90. The van der Waals surface area contributed by atoms with Gasteiger partial charge in [0, 0.05) is 5.56 Å². The second-order valence-electron chi connectivity index (χ2n) is 6.75. The smallest absolute Gasteiger partial charge is 0.361 e. The number of ether oxygens (including phenoxy) is 1. The molecular weight excluding hydrogens is 368 g/mol. The summed E-state index contributed by atoms with van der Waals surface area (Å²) in [4.78, 5) is 28.7. The predicted octanol–water partition coefficient (Wildman–Crippen LogP) is 4.25. The van der Waals surface area contributed by atoms with Gasteiger partial charge < -0.3 is 14.5 Å². The lowest BCUT2D eigenvalue weighted by Gasteiger charge is -2.14. The monoisotopic (exact) mass is 392 g/mol. The van der Waals surface area contributed by atoms with Gasteiger partial charge in [-0.25, -0.2) is 9.78 Å². The third kappa shape index (κ3) is 5.10. The minimum Gasteiger partial charge on any atom is -0.451 e. The Labute approximate surface area is 169 Å². The van der Waals surface area contributed by atoms with E-state index in [9.17, 15) is 9.59 Å². The Kier molecular flexibility index (Phi) is 6.44. The highest BCUT2D eigenvalue weighted by Gasteiger charge is 2.20. The maximum atomic E-state index is 12.3. The zero-order valence-electron chi connectivity index (χ0n) is 16.8. The van der Waals surface area contributed by atoms with Crippen LogP contribution in [0.2, 0.25) is 0 Å². The molecule has 0 fully saturated rings. The molecule has 0 radical (unpaired) electrons. The van der Waals surface area contributed by atoms with Gasteiger partial charge >= 0.3 is 5.97 Å². The number of nitrogens with zero attached hydrogens (tertiary/aromatic N) is 1. The first-order valence-electron chi connectivity index (χ1n) is 9.56. The molecule has 2 aromatic carbocycles. The Morgan fingerprint density at radius 1 is 1.10 bits per heavy atom. The summed E-state index contributed by atoms with van der Waals surface area (Å²) < 4.78 is 10.7. The number of carbonyl (C=O) groups is 2. The summed E-state index contributed by atoms with van der Waals surface area (Å²) in [5.74, 6) is -0.388. The molecule has 1 atom stereocenters. The number of oxazole rings is 1. The van der Waals surface area contributed by atoms with Crippen LogP contribution in [0, 0.1) is 6.92 Å². The molecule has 6 heteroatoms. The number of hydrogen-bond acceptors (Lipinski definition) is 5. The lowest BCUT2D eigenvalue weighted by molar-refractivity contribution is -0.124. The first-order valence-corrected chi connectivity index (χ1v) is 9.56. The zero-order chi connectivity index (χ0) is 20.8. The summed E-state index contributed by atoms with van der Waals surface area (Å²) in [6, 6.07) is 17.1. The Hall–Kier alpha value is -3.41. The molecule has 0 saturated carbocycles. The fraction of sp³-hybridized carbons (Fsp3) is 0.261. The first-order chi connectivity index (χ1) is 14.0. The van der Waals surface area contributed by atoms with Crippen LogP contribution < -0.4 is 5.32 Å². The van der Waals surface area contributed by atoms with Gasteiger partial charge in [0.1, 0.15) is 5.76 Å². The molecule has 0 aliphatic rings. The molecule has 29 heavy (non-hydrogen) atoms. The molecule has 0 aliphatic heterocycles. The van der Waals surface area contributed by atoms with E-state index < -0.39 is 5.97 Å². The lowest BCUT2D eigenvalue weighted by atomic mass is 10.1. The van der Waals surface area contributed by atoms with Crippen molar-refractivity contribution in [3.05, 3.63) is 77.2 Å². The van der Waals surface area contributed by atoms with E-state index in [4.69, 9.17) is 9.15 Å². The van der Waals surface area contributed by atoms with Gasteiger partial charge in [0.05, 0.1) is 6.04 Å². The molecular formula is C23H24N2O4. The van der Waals surface area contributed by atoms with E-state index >= 15 is 0 Å². The molecule has 0 aliphatic carbocycles. The highest BCUT2D eigenvalue weighted by Crippen LogP contribution is 2.21. The van der Waals surface area contributed by atoms with Crippen LogP contribution in [-0.2, 0) is 16.0 Å². The number of rotatable bonds is 7. The van der Waals surface area contributed by atoms with Gasteiger partial charge in [0.2, 0.25) is 5.89 Å². The summed E-state index contributed by atoms with van der Waals surface area (Å²) in [7, 11) is 0. The van der Waals surface area contributed by atoms with Crippen molar-refractivity contribution < 1.29 is 18.7 Å². The largest absolute Gasteiger partial charge is 0.451 e. The molecule has 0 bridgehead atoms. The van der Waals surface area contributed by atoms with Crippen molar-refractivity contribution in [3.63, 3.8) is 0 Å². The van der Waals surface area contributed by atoms with Crippen molar-refractivity contribution in [1.29, 1.82) is 0 Å². The predicted molar refractivity (Wildman–Crippen MR) is 109 cm³/mol. The maximum Gasteiger partial charge on any atom is 0.361 e. The van der Waals surface area contributed by atoms with Gasteiger partial charge in [-0.2, -0.15) is 0 Å². The number of hydrogen-bond donors (Lipinski definition) is 1. The average Bonchev–Trinajstić information content (AvgIpc) is 3.14. The minimum absolute atomic E-state index is 0.0693. The van der Waals surface area contributed by atoms with Crippen LogP contribution in [0.25, 0.3) is 11.5 Å². The summed E-state index contributed by atoms with van der Waals surface area (Å²) in [5, 5.41) is 2.83. The molecule has 1 N–H and O–H groups in total. The molecule has 1 unspecified atom stereocenters. The van der Waals surface area contributed by atoms with Gasteiger partial charge in [-0.1, -0.05) is 49.4 Å². The normalized spacial score (nSPS) is 11.7. The van der Waals surface area contributed by atoms with E-state index in [1.807, 2.05) is 61.5 Å². The highest BCUT2D eigenvalue weighted by atomic mass is 16.5. The van der Waals surface area contributed by atoms with Crippen LogP contribution >= 0.6 is 0 Å². The second kappa shape index (κ2) is 9.19. The van der Waals surface area contributed by atoms with Crippen LogP contribution in [0.1, 0.15) is 47.3 Å². The fourth-order valence-corrected chi connectivity index (χ4v) is 2.90. The molecule has 1 amide bonds. The van der Waals surface area contributed by atoms with Crippen molar-refractivity contribution in [1.82, 2.24) is 10.3 Å². The van der Waals surface area contributed by atoms with E-state index in [1.165, 1.54) is 5.56 Å². The van der Waals surface area contributed by atoms with Crippen LogP contribution in [0.15, 0.2) is 59.0 Å². The molecule has 6 nitrogen and oxygen atoms in total. The molecule has 3 aromatic rings. The van der Waals surface area contributed by atoms with Crippen molar-refractivity contribution in [2.75, 3.05) is 6.61 Å². The van der Waals surface area contributed by atoms with Gasteiger partial charge in [0.25, 0.3) is 5.91 Å². The van der Waals surface area contributed by atoms with Gasteiger partial charge in [-0.15, -0.1) is 0 Å². The second-order valence-corrected chi connectivity index (χ2v) is 6.75. The third-order valence-electron chi connectivity index (χ3n) is 4.61. The van der Waals surface area contributed by atoms with E-state index in [0.29, 0.717) is 11.7 Å². The number of esters is 1. The molecule has 1 aromatic heterocycles. The van der Waals surface area contributed by atoms with E-state index in [0.717, 1.165) is 17.5 Å². The molecule has 150 valence electrons. The lowest BCUT2D eigenvalue weighted by Crippen LogP contribution is -2.31. The Morgan fingerprint density at radius 2 is 1.79 bits per heavy atom. The Balaban J connectivity index is 1.56. The average molecular weight is 392 g/mol. The minimum atomic E-state index is -0.691. The van der Waals surface area contributed by atoms with Crippen molar-refractivity contribution in [2.45, 2.75) is 33.2 Å². The van der Waals surface area contributed by atoms with Crippen molar-refractivity contribution in [2.24, 2.45) is 0 Å². The topological polar surface area (TPSA) is 81.4 Å². The molecule has 0 saturated heterocycles. The molecule has 1 heterocycles. The number of aromatic nitrogens is 1. The first kappa shape index (κ1) is 20.3. The van der Waals surface area contributed by atoms with Gasteiger partial charge in [0.15, 0.2) is 12.3 Å². The zero-order valence-corrected chi connectivity index (χ0v) is 16.8. The Bertz CT molecular complexity index is 978. The van der Waals surface area contributed by atoms with Crippen molar-refractivity contribution >= 4 is 11.9 Å². The Morgan fingerprint density at radius 3 is 2.45 bits per heavy atom. The SMILES string of the molecule is CCc1ccc(C(C)NC(=O)COC(=O)c2nc(-c3ccccc3)oc2C)cc1. The van der Waals surface area contributed by atoms with E-state index in [-0.39, 0.29) is 24.2 Å². The van der Waals surface area contributed by atoms with Gasteiger partial charge in [-0.3, -0.25) is 4.79 Å². The van der Waals surface area contributed by atoms with E-state index in [1.54, 1.807) is 6.92 Å². The summed E-state index contributed by atoms with van der Waals surface area (Å²) in [5.41, 5.74) is 3.05. The standard InChI is InChI=1S/C23H24N2O4/c1-4-17-10-12-18(13-11-17)15(2)24-20(26)14-28-23(27)21-16(3)29-22(25-21)19-8-6-5-7-9-19/h5-13,15H,4,14H2,1-3H3,(H,24,26). The van der Waals surface area contributed by atoms with Crippen LogP contribution in [-0.4, -0.2) is 23.5 Å². The maximum absolute atomic E-state index is 12.3.